The van der Waals surface area contributed by atoms with Crippen molar-refractivity contribution in [2.75, 3.05) is 18.4 Å². The maximum Gasteiger partial charge on any atom is 0.573 e. The smallest absolute Gasteiger partial charge is 0.406 e. The van der Waals surface area contributed by atoms with Crippen molar-refractivity contribution in [2.45, 2.75) is 73.2 Å². The number of alkyl halides is 3. The quantitative estimate of drug-likeness (QED) is 0.338. The zero-order chi connectivity index (χ0) is 27.8. The van der Waals surface area contributed by atoms with Crippen LogP contribution in [0.4, 0.5) is 24.8 Å². The highest BCUT2D eigenvalue weighted by Gasteiger charge is 2.35. The molecule has 0 aliphatic heterocycles. The first-order valence-electron chi connectivity index (χ1n) is 13.3. The number of fused-ring (bicyclic) bond motifs is 1. The van der Waals surface area contributed by atoms with Gasteiger partial charge in [-0.2, -0.15) is 0 Å². The summed E-state index contributed by atoms with van der Waals surface area (Å²) >= 11 is 0. The Labute approximate surface area is 222 Å². The van der Waals surface area contributed by atoms with Gasteiger partial charge in [0.1, 0.15) is 5.75 Å². The lowest BCUT2D eigenvalue weighted by Crippen LogP contribution is -2.31. The maximum absolute atomic E-state index is 13.2. The lowest BCUT2D eigenvalue weighted by atomic mass is 9.70. The molecule has 1 saturated carbocycles. The number of halogens is 3. The summed E-state index contributed by atoms with van der Waals surface area (Å²) in [5.41, 5.74) is 3.88. The molecule has 0 saturated heterocycles. The lowest BCUT2D eigenvalue weighted by Gasteiger charge is -2.40. The predicted octanol–water partition coefficient (Wildman–Crippen LogP) is 7.86. The van der Waals surface area contributed by atoms with Gasteiger partial charge in [-0.15, -0.1) is 13.2 Å². The molecular weight excluding hydrogens is 493 g/mol. The molecule has 1 amide bonds. The van der Waals surface area contributed by atoms with Crippen LogP contribution < -0.4 is 10.1 Å². The lowest BCUT2D eigenvalue weighted by molar-refractivity contribution is -0.274. The van der Waals surface area contributed by atoms with Crippen LogP contribution in [0.25, 0.3) is 11.0 Å². The third kappa shape index (κ3) is 5.92. The average molecular weight is 531 g/mol. The third-order valence-corrected chi connectivity index (χ3v) is 7.47. The Morgan fingerprint density at radius 2 is 1.79 bits per heavy atom. The van der Waals surface area contributed by atoms with Crippen LogP contribution in [-0.2, 0) is 0 Å². The number of carbonyl (C=O) groups is 1. The van der Waals surface area contributed by atoms with E-state index in [2.05, 4.69) is 35.4 Å². The SMILES string of the molecule is CCN(CC)C(=O)c1ccc2c(nc(Nc3ccc(OC(F)(F)F)cc3)n2[C@@H]2C[C@H](C)CC(C)(C)C2)c1C. The molecule has 206 valence electrons. The molecule has 1 heterocycles. The van der Waals surface area contributed by atoms with Gasteiger partial charge in [-0.05, 0) is 93.3 Å². The van der Waals surface area contributed by atoms with Crippen LogP contribution >= 0.6 is 0 Å². The Balaban J connectivity index is 1.79. The summed E-state index contributed by atoms with van der Waals surface area (Å²) in [5.74, 6) is 0.827. The van der Waals surface area contributed by atoms with Gasteiger partial charge < -0.3 is 19.5 Å². The van der Waals surface area contributed by atoms with E-state index in [1.807, 2.05) is 32.9 Å². The molecule has 0 unspecified atom stereocenters. The molecule has 4 rings (SSSR count). The second-order valence-electron chi connectivity index (χ2n) is 11.2. The molecule has 1 N–H and O–H groups in total. The summed E-state index contributed by atoms with van der Waals surface area (Å²) in [5, 5.41) is 3.33. The topological polar surface area (TPSA) is 59.4 Å². The summed E-state index contributed by atoms with van der Waals surface area (Å²) in [7, 11) is 0. The van der Waals surface area contributed by atoms with Crippen LogP contribution in [-0.4, -0.2) is 39.8 Å². The molecule has 1 aliphatic carbocycles. The van der Waals surface area contributed by atoms with Crippen molar-refractivity contribution < 1.29 is 22.7 Å². The number of hydrogen-bond acceptors (Lipinski definition) is 4. The van der Waals surface area contributed by atoms with Gasteiger partial charge in [0, 0.05) is 30.4 Å². The van der Waals surface area contributed by atoms with Gasteiger partial charge in [0.2, 0.25) is 5.95 Å². The zero-order valence-electron chi connectivity index (χ0n) is 22.9. The number of rotatable bonds is 7. The molecule has 1 aliphatic rings. The summed E-state index contributed by atoms with van der Waals surface area (Å²) in [6.07, 6.45) is -1.65. The van der Waals surface area contributed by atoms with Crippen molar-refractivity contribution in [3.05, 3.63) is 47.5 Å². The molecule has 0 radical (unpaired) electrons. The number of imidazole rings is 1. The molecule has 2 aromatic carbocycles. The molecular formula is C29H37F3N4O2. The van der Waals surface area contributed by atoms with Crippen molar-refractivity contribution in [3.63, 3.8) is 0 Å². The Kier molecular flexibility index (Phi) is 7.68. The van der Waals surface area contributed by atoms with Crippen molar-refractivity contribution in [2.24, 2.45) is 11.3 Å². The maximum atomic E-state index is 13.2. The molecule has 1 aromatic heterocycles. The van der Waals surface area contributed by atoms with E-state index in [4.69, 9.17) is 4.98 Å². The zero-order valence-corrected chi connectivity index (χ0v) is 22.9. The summed E-state index contributed by atoms with van der Waals surface area (Å²) in [6.45, 7) is 13.9. The van der Waals surface area contributed by atoms with E-state index in [0.29, 0.717) is 36.2 Å². The van der Waals surface area contributed by atoms with Gasteiger partial charge in [-0.1, -0.05) is 20.8 Å². The van der Waals surface area contributed by atoms with Crippen LogP contribution in [0.5, 0.6) is 5.75 Å². The number of nitrogens with zero attached hydrogens (tertiary/aromatic N) is 3. The number of amides is 1. The Morgan fingerprint density at radius 1 is 1.13 bits per heavy atom. The van der Waals surface area contributed by atoms with Crippen LogP contribution in [0, 0.1) is 18.3 Å². The highest BCUT2D eigenvalue weighted by Crippen LogP contribution is 2.46. The minimum atomic E-state index is -4.74. The summed E-state index contributed by atoms with van der Waals surface area (Å²) < 4.78 is 44.0. The molecule has 6 nitrogen and oxygen atoms in total. The van der Waals surface area contributed by atoms with Crippen molar-refractivity contribution >= 4 is 28.6 Å². The molecule has 9 heteroatoms. The van der Waals surface area contributed by atoms with E-state index in [-0.39, 0.29) is 23.1 Å². The van der Waals surface area contributed by atoms with E-state index in [0.717, 1.165) is 35.9 Å². The number of hydrogen-bond donors (Lipinski definition) is 1. The Bertz CT molecular complexity index is 1290. The molecule has 38 heavy (non-hydrogen) atoms. The fourth-order valence-corrected chi connectivity index (χ4v) is 6.03. The van der Waals surface area contributed by atoms with E-state index in [1.165, 1.54) is 12.1 Å². The first-order valence-corrected chi connectivity index (χ1v) is 13.3. The fraction of sp³-hybridized carbons (Fsp3) is 0.517. The van der Waals surface area contributed by atoms with Crippen LogP contribution in [0.15, 0.2) is 36.4 Å². The standard InChI is InChI=1S/C29H37F3N4O2/c1-7-35(8-2)26(37)23-13-14-24-25(19(23)4)34-27(36(24)21-15-18(3)16-28(5,6)17-21)33-20-9-11-22(12-10-20)38-29(30,31)32/h9-14,18,21H,7-8,15-17H2,1-6H3,(H,33,34)/t18-,21+/m0/s1. The van der Waals surface area contributed by atoms with Crippen molar-refractivity contribution in [1.29, 1.82) is 0 Å². The van der Waals surface area contributed by atoms with Crippen LogP contribution in [0.2, 0.25) is 0 Å². The average Bonchev–Trinajstić information content (AvgIpc) is 3.18. The highest BCUT2D eigenvalue weighted by atomic mass is 19.4. The summed E-state index contributed by atoms with van der Waals surface area (Å²) in [6, 6.07) is 9.69. The minimum absolute atomic E-state index is 0.0221. The molecule has 2 atom stereocenters. The number of carbonyl (C=O) groups excluding carboxylic acids is 1. The molecule has 1 fully saturated rings. The molecule has 0 bridgehead atoms. The third-order valence-electron chi connectivity index (χ3n) is 7.47. The van der Waals surface area contributed by atoms with Gasteiger partial charge in [-0.3, -0.25) is 4.79 Å². The van der Waals surface area contributed by atoms with Gasteiger partial charge in [0.15, 0.2) is 0 Å². The first-order chi connectivity index (χ1) is 17.8. The highest BCUT2D eigenvalue weighted by molar-refractivity contribution is 6.00. The fourth-order valence-electron chi connectivity index (χ4n) is 6.03. The number of aryl methyl sites for hydroxylation is 1. The summed E-state index contributed by atoms with van der Waals surface area (Å²) in [4.78, 5) is 20.0. The second kappa shape index (κ2) is 10.5. The molecule has 3 aromatic rings. The Morgan fingerprint density at radius 3 is 2.37 bits per heavy atom. The number of benzene rings is 2. The minimum Gasteiger partial charge on any atom is -0.406 e. The van der Waals surface area contributed by atoms with Crippen LogP contribution in [0.1, 0.15) is 75.8 Å². The van der Waals surface area contributed by atoms with Gasteiger partial charge in [0.05, 0.1) is 11.0 Å². The van der Waals surface area contributed by atoms with Gasteiger partial charge in [-0.25, -0.2) is 4.98 Å². The van der Waals surface area contributed by atoms with Gasteiger partial charge >= 0.3 is 6.36 Å². The largest absolute Gasteiger partial charge is 0.573 e. The van der Waals surface area contributed by atoms with Crippen LogP contribution in [0.3, 0.4) is 0 Å². The van der Waals surface area contributed by atoms with Crippen molar-refractivity contribution in [3.8, 4) is 5.75 Å². The number of nitrogens with one attached hydrogen (secondary N) is 1. The number of aromatic nitrogens is 2. The van der Waals surface area contributed by atoms with E-state index in [1.54, 1.807) is 17.0 Å². The predicted molar refractivity (Wildman–Crippen MR) is 144 cm³/mol. The van der Waals surface area contributed by atoms with E-state index < -0.39 is 6.36 Å². The van der Waals surface area contributed by atoms with E-state index >= 15 is 0 Å². The molecule has 0 spiro atoms. The number of anilines is 2. The number of ether oxygens (including phenoxy) is 1. The van der Waals surface area contributed by atoms with E-state index in [9.17, 15) is 18.0 Å². The van der Waals surface area contributed by atoms with Crippen molar-refractivity contribution in [1.82, 2.24) is 14.5 Å². The monoisotopic (exact) mass is 530 g/mol. The second-order valence-corrected chi connectivity index (χ2v) is 11.2. The normalized spacial score (nSPS) is 19.4. The van der Waals surface area contributed by atoms with Gasteiger partial charge in [0.25, 0.3) is 5.91 Å². The first kappa shape index (κ1) is 27.8. The Hall–Kier alpha value is -3.23.